The Kier molecular flexibility index (Phi) is 4.94. The van der Waals surface area contributed by atoms with Crippen LogP contribution in [-0.4, -0.2) is 13.1 Å². The van der Waals surface area contributed by atoms with Crippen molar-refractivity contribution in [3.8, 4) is 17.6 Å². The van der Waals surface area contributed by atoms with E-state index in [1.807, 2.05) is 30.3 Å². The predicted octanol–water partition coefficient (Wildman–Crippen LogP) is 3.68. The molecule has 2 aromatic carbocycles. The first kappa shape index (κ1) is 15.3. The van der Waals surface area contributed by atoms with Crippen molar-refractivity contribution >= 4 is 17.6 Å². The fourth-order valence-corrected chi connectivity index (χ4v) is 1.98. The van der Waals surface area contributed by atoms with E-state index in [1.54, 1.807) is 24.3 Å². The van der Waals surface area contributed by atoms with Gasteiger partial charge in [0.05, 0.1) is 18.8 Å². The molecule has 0 heterocycles. The van der Waals surface area contributed by atoms with Crippen LogP contribution in [0.5, 0.6) is 11.5 Å². The quantitative estimate of drug-likeness (QED) is 0.373. The van der Waals surface area contributed by atoms with Gasteiger partial charge in [0.2, 0.25) is 0 Å². The summed E-state index contributed by atoms with van der Waals surface area (Å²) in [6.07, 6.45) is 1.76. The van der Waals surface area contributed by atoms with Crippen LogP contribution in [0.25, 0.3) is 11.6 Å². The van der Waals surface area contributed by atoms with E-state index in [2.05, 4.69) is 6.07 Å². The standard InChI is InChI=1S/C18H15NO3/c1-13(20)22-17-9-8-14(11-18(17)21-2)10-16(12-19)15-6-4-3-5-7-15/h3-11H,1-2H3/b16-10+. The highest BCUT2D eigenvalue weighted by molar-refractivity contribution is 5.89. The van der Waals surface area contributed by atoms with Crippen LogP contribution in [0.3, 0.4) is 0 Å². The van der Waals surface area contributed by atoms with E-state index in [1.165, 1.54) is 14.0 Å². The van der Waals surface area contributed by atoms with Crippen LogP contribution >= 0.6 is 0 Å². The number of carbonyl (C=O) groups excluding carboxylic acids is 1. The second-order valence-corrected chi connectivity index (χ2v) is 4.54. The zero-order chi connectivity index (χ0) is 15.9. The van der Waals surface area contributed by atoms with Gasteiger partial charge in [-0.25, -0.2) is 0 Å². The highest BCUT2D eigenvalue weighted by Gasteiger charge is 2.08. The minimum Gasteiger partial charge on any atom is -0.493 e. The fraction of sp³-hybridized carbons (Fsp3) is 0.111. The lowest BCUT2D eigenvalue weighted by atomic mass is 10.0. The molecule has 0 aromatic heterocycles. The van der Waals surface area contributed by atoms with Gasteiger partial charge in [-0.2, -0.15) is 5.26 Å². The Bertz CT molecular complexity index is 743. The number of methoxy groups -OCH3 is 1. The average molecular weight is 293 g/mol. The number of ether oxygens (including phenoxy) is 2. The lowest BCUT2D eigenvalue weighted by molar-refractivity contribution is -0.132. The number of carbonyl (C=O) groups is 1. The summed E-state index contributed by atoms with van der Waals surface area (Å²) >= 11 is 0. The molecule has 0 aliphatic carbocycles. The molecule has 4 heteroatoms. The van der Waals surface area contributed by atoms with Gasteiger partial charge in [-0.1, -0.05) is 36.4 Å². The van der Waals surface area contributed by atoms with Crippen molar-refractivity contribution in [1.82, 2.24) is 0 Å². The van der Waals surface area contributed by atoms with Crippen LogP contribution in [0.1, 0.15) is 18.1 Å². The van der Waals surface area contributed by atoms with Gasteiger partial charge in [0, 0.05) is 6.92 Å². The predicted molar refractivity (Wildman–Crippen MR) is 84.2 cm³/mol. The summed E-state index contributed by atoms with van der Waals surface area (Å²) in [7, 11) is 1.50. The molecule has 2 aromatic rings. The van der Waals surface area contributed by atoms with Crippen molar-refractivity contribution in [1.29, 1.82) is 5.26 Å². The van der Waals surface area contributed by atoms with E-state index in [0.717, 1.165) is 11.1 Å². The van der Waals surface area contributed by atoms with Gasteiger partial charge in [0.25, 0.3) is 0 Å². The second-order valence-electron chi connectivity index (χ2n) is 4.54. The summed E-state index contributed by atoms with van der Waals surface area (Å²) < 4.78 is 10.3. The first-order valence-corrected chi connectivity index (χ1v) is 6.67. The molecule has 0 radical (unpaired) electrons. The number of benzene rings is 2. The summed E-state index contributed by atoms with van der Waals surface area (Å²) in [5.41, 5.74) is 2.17. The zero-order valence-corrected chi connectivity index (χ0v) is 12.4. The molecule has 0 fully saturated rings. The van der Waals surface area contributed by atoms with Gasteiger partial charge >= 0.3 is 5.97 Å². The number of hydrogen-bond acceptors (Lipinski definition) is 4. The molecule has 4 nitrogen and oxygen atoms in total. The number of allylic oxidation sites excluding steroid dienone is 1. The van der Waals surface area contributed by atoms with Crippen molar-refractivity contribution in [2.75, 3.05) is 7.11 Å². The third-order valence-corrected chi connectivity index (χ3v) is 2.96. The molecule has 0 N–H and O–H groups in total. The molecular formula is C18H15NO3. The molecule has 0 saturated carbocycles. The maximum atomic E-state index is 11.0. The normalized spacial score (nSPS) is 10.7. The second kappa shape index (κ2) is 7.09. The number of hydrogen-bond donors (Lipinski definition) is 0. The number of nitrogens with zero attached hydrogens (tertiary/aromatic N) is 1. The molecule has 22 heavy (non-hydrogen) atoms. The maximum absolute atomic E-state index is 11.0. The molecule has 110 valence electrons. The van der Waals surface area contributed by atoms with Crippen LogP contribution in [0.2, 0.25) is 0 Å². The summed E-state index contributed by atoms with van der Waals surface area (Å²) in [5.74, 6) is 0.378. The minimum atomic E-state index is -0.413. The van der Waals surface area contributed by atoms with Crippen LogP contribution in [-0.2, 0) is 4.79 Å². The SMILES string of the molecule is COc1cc(/C=C(\C#N)c2ccccc2)ccc1OC(C)=O. The van der Waals surface area contributed by atoms with Crippen LogP contribution in [0, 0.1) is 11.3 Å². The third kappa shape index (κ3) is 3.74. The van der Waals surface area contributed by atoms with Crippen molar-refractivity contribution < 1.29 is 14.3 Å². The van der Waals surface area contributed by atoms with E-state index in [4.69, 9.17) is 9.47 Å². The summed E-state index contributed by atoms with van der Waals surface area (Å²) in [6.45, 7) is 1.33. The van der Waals surface area contributed by atoms with E-state index < -0.39 is 5.97 Å². The molecule has 0 saturated heterocycles. The van der Waals surface area contributed by atoms with E-state index in [-0.39, 0.29) is 0 Å². The van der Waals surface area contributed by atoms with Crippen molar-refractivity contribution in [2.24, 2.45) is 0 Å². The topological polar surface area (TPSA) is 59.3 Å². The highest BCUT2D eigenvalue weighted by atomic mass is 16.6. The van der Waals surface area contributed by atoms with Crippen molar-refractivity contribution in [2.45, 2.75) is 6.92 Å². The Morgan fingerprint density at radius 1 is 1.14 bits per heavy atom. The molecule has 0 aliphatic heterocycles. The van der Waals surface area contributed by atoms with Gasteiger partial charge in [0.15, 0.2) is 11.5 Å². The largest absolute Gasteiger partial charge is 0.493 e. The van der Waals surface area contributed by atoms with E-state index in [0.29, 0.717) is 17.1 Å². The smallest absolute Gasteiger partial charge is 0.308 e. The summed E-state index contributed by atoms with van der Waals surface area (Å²) in [4.78, 5) is 11.0. The van der Waals surface area contributed by atoms with Gasteiger partial charge < -0.3 is 9.47 Å². The molecule has 2 rings (SSSR count). The zero-order valence-electron chi connectivity index (χ0n) is 12.4. The first-order chi connectivity index (χ1) is 10.6. The molecule has 0 unspecified atom stereocenters. The average Bonchev–Trinajstić information content (AvgIpc) is 2.54. The Morgan fingerprint density at radius 3 is 2.45 bits per heavy atom. The molecule has 0 spiro atoms. The Hall–Kier alpha value is -3.06. The lowest BCUT2D eigenvalue weighted by Crippen LogP contribution is -2.03. The minimum absolute atomic E-state index is 0.352. The summed E-state index contributed by atoms with van der Waals surface area (Å²) in [6, 6.07) is 16.7. The Morgan fingerprint density at radius 2 is 1.86 bits per heavy atom. The highest BCUT2D eigenvalue weighted by Crippen LogP contribution is 2.29. The van der Waals surface area contributed by atoms with Gasteiger partial charge in [-0.05, 0) is 29.3 Å². The van der Waals surface area contributed by atoms with Crippen molar-refractivity contribution in [3.63, 3.8) is 0 Å². The van der Waals surface area contributed by atoms with Crippen LogP contribution in [0.15, 0.2) is 48.5 Å². The summed E-state index contributed by atoms with van der Waals surface area (Å²) in [5, 5.41) is 9.32. The van der Waals surface area contributed by atoms with Gasteiger partial charge in [-0.3, -0.25) is 4.79 Å². The lowest BCUT2D eigenvalue weighted by Gasteiger charge is -2.08. The van der Waals surface area contributed by atoms with E-state index in [9.17, 15) is 10.1 Å². The molecular weight excluding hydrogens is 278 g/mol. The van der Waals surface area contributed by atoms with Crippen LogP contribution in [0.4, 0.5) is 0 Å². The Balaban J connectivity index is 2.38. The molecule has 0 bridgehead atoms. The third-order valence-electron chi connectivity index (χ3n) is 2.96. The molecule has 0 aliphatic rings. The molecule has 0 amide bonds. The van der Waals surface area contributed by atoms with Gasteiger partial charge in [0.1, 0.15) is 0 Å². The molecule has 0 atom stereocenters. The number of nitriles is 1. The van der Waals surface area contributed by atoms with Crippen molar-refractivity contribution in [3.05, 3.63) is 59.7 Å². The monoisotopic (exact) mass is 293 g/mol. The Labute approximate surface area is 129 Å². The number of esters is 1. The fourth-order valence-electron chi connectivity index (χ4n) is 1.98. The number of rotatable bonds is 4. The van der Waals surface area contributed by atoms with Gasteiger partial charge in [-0.15, -0.1) is 0 Å². The van der Waals surface area contributed by atoms with E-state index >= 15 is 0 Å². The first-order valence-electron chi connectivity index (χ1n) is 6.67. The van der Waals surface area contributed by atoms with Crippen LogP contribution < -0.4 is 9.47 Å². The maximum Gasteiger partial charge on any atom is 0.308 e.